The maximum absolute atomic E-state index is 13.3. The lowest BCUT2D eigenvalue weighted by Gasteiger charge is -2.20. The second-order valence-corrected chi connectivity index (χ2v) is 10.9. The lowest BCUT2D eigenvalue weighted by atomic mass is 9.95. The van der Waals surface area contributed by atoms with E-state index in [4.69, 9.17) is 4.74 Å². The van der Waals surface area contributed by atoms with Gasteiger partial charge in [-0.2, -0.15) is 4.98 Å². The van der Waals surface area contributed by atoms with Gasteiger partial charge in [-0.15, -0.1) is 0 Å². The maximum Gasteiger partial charge on any atom is 0.258 e. The third-order valence-electron chi connectivity index (χ3n) is 4.80. The summed E-state index contributed by atoms with van der Waals surface area (Å²) in [5, 5.41) is 3.99. The molecule has 7 nitrogen and oxygen atoms in total. The average Bonchev–Trinajstić information content (AvgIpc) is 2.77. The van der Waals surface area contributed by atoms with Crippen LogP contribution in [0.5, 0.6) is 11.6 Å². The standard InChI is InChI=1S/C26H29N3O4S/c1-26(2,3)25-27-18-22(24(29-25)33-21-13-9-6-10-14-21)23(30)28-20(15-16-34(4,31)32)17-19-11-7-5-8-12-19/h5-16,18,20H,17H2,1-4H3,(H,28,30). The second kappa shape index (κ2) is 10.6. The fourth-order valence-electron chi connectivity index (χ4n) is 3.08. The molecule has 0 aliphatic carbocycles. The number of carbonyl (C=O) groups excluding carboxylic acids is 1. The fourth-order valence-corrected chi connectivity index (χ4v) is 3.56. The molecule has 0 radical (unpaired) electrons. The monoisotopic (exact) mass is 479 g/mol. The first-order valence-electron chi connectivity index (χ1n) is 10.8. The van der Waals surface area contributed by atoms with Crippen LogP contribution in [0.15, 0.2) is 78.3 Å². The Morgan fingerprint density at radius 2 is 1.68 bits per heavy atom. The van der Waals surface area contributed by atoms with E-state index in [0.717, 1.165) is 17.2 Å². The first-order chi connectivity index (χ1) is 16.0. The van der Waals surface area contributed by atoms with Gasteiger partial charge in [0.1, 0.15) is 17.1 Å². The first kappa shape index (κ1) is 25.1. The predicted octanol–water partition coefficient (Wildman–Crippen LogP) is 4.47. The van der Waals surface area contributed by atoms with Crippen molar-refractivity contribution in [1.29, 1.82) is 0 Å². The topological polar surface area (TPSA) is 98.2 Å². The van der Waals surface area contributed by atoms with Crippen molar-refractivity contribution in [1.82, 2.24) is 15.3 Å². The Hall–Kier alpha value is -3.52. The number of hydrogen-bond donors (Lipinski definition) is 1. The largest absolute Gasteiger partial charge is 0.438 e. The number of ether oxygens (including phenoxy) is 1. The van der Waals surface area contributed by atoms with Crippen LogP contribution in [0.25, 0.3) is 0 Å². The molecule has 0 fully saturated rings. The number of benzene rings is 2. The van der Waals surface area contributed by atoms with Gasteiger partial charge in [-0.3, -0.25) is 4.79 Å². The Balaban J connectivity index is 1.93. The molecule has 2 aromatic carbocycles. The zero-order valence-corrected chi connectivity index (χ0v) is 20.5. The van der Waals surface area contributed by atoms with Crippen LogP contribution in [0, 0.1) is 0 Å². The fraction of sp³-hybridized carbons (Fsp3) is 0.269. The summed E-state index contributed by atoms with van der Waals surface area (Å²) >= 11 is 0. The molecule has 178 valence electrons. The van der Waals surface area contributed by atoms with E-state index in [0.29, 0.717) is 18.0 Å². The van der Waals surface area contributed by atoms with E-state index in [-0.39, 0.29) is 16.9 Å². The molecular formula is C26H29N3O4S. The van der Waals surface area contributed by atoms with E-state index in [2.05, 4.69) is 15.3 Å². The molecule has 1 heterocycles. The van der Waals surface area contributed by atoms with E-state index in [1.54, 1.807) is 12.1 Å². The Morgan fingerprint density at radius 3 is 2.26 bits per heavy atom. The third-order valence-corrected chi connectivity index (χ3v) is 5.45. The number of carbonyl (C=O) groups is 1. The minimum atomic E-state index is -3.36. The number of hydrogen-bond acceptors (Lipinski definition) is 6. The summed E-state index contributed by atoms with van der Waals surface area (Å²) < 4.78 is 29.3. The molecule has 1 amide bonds. The van der Waals surface area contributed by atoms with Gasteiger partial charge in [0.2, 0.25) is 5.88 Å². The third kappa shape index (κ3) is 7.52. The van der Waals surface area contributed by atoms with Crippen molar-refractivity contribution in [3.63, 3.8) is 0 Å². The second-order valence-electron chi connectivity index (χ2n) is 9.01. The molecule has 0 bridgehead atoms. The van der Waals surface area contributed by atoms with Crippen LogP contribution in [0.3, 0.4) is 0 Å². The molecule has 1 atom stereocenters. The highest BCUT2D eigenvalue weighted by atomic mass is 32.2. The van der Waals surface area contributed by atoms with Crippen molar-refractivity contribution in [3.05, 3.63) is 95.3 Å². The van der Waals surface area contributed by atoms with E-state index in [1.165, 1.54) is 12.3 Å². The number of sulfone groups is 1. The highest BCUT2D eigenvalue weighted by Crippen LogP contribution is 2.27. The first-order valence-corrected chi connectivity index (χ1v) is 12.8. The highest BCUT2D eigenvalue weighted by molar-refractivity contribution is 7.93. The SMILES string of the molecule is CC(C)(C)c1ncc(C(=O)NC(C=CS(C)(=O)=O)Cc2ccccc2)c(Oc2ccccc2)n1. The van der Waals surface area contributed by atoms with Crippen molar-refractivity contribution in [2.24, 2.45) is 0 Å². The van der Waals surface area contributed by atoms with Crippen molar-refractivity contribution in [3.8, 4) is 11.6 Å². The minimum absolute atomic E-state index is 0.133. The molecule has 3 rings (SSSR count). The van der Waals surface area contributed by atoms with Crippen molar-refractivity contribution in [2.75, 3.05) is 6.26 Å². The number of nitrogens with zero attached hydrogens (tertiary/aromatic N) is 2. The number of para-hydroxylation sites is 1. The number of rotatable bonds is 8. The molecular weight excluding hydrogens is 450 g/mol. The molecule has 0 aliphatic heterocycles. The molecule has 3 aromatic rings. The van der Waals surface area contributed by atoms with Crippen LogP contribution in [0.4, 0.5) is 0 Å². The van der Waals surface area contributed by atoms with Gasteiger partial charge in [0.05, 0.1) is 6.04 Å². The van der Waals surface area contributed by atoms with Gasteiger partial charge < -0.3 is 10.1 Å². The number of nitrogens with one attached hydrogen (secondary N) is 1. The summed E-state index contributed by atoms with van der Waals surface area (Å²) in [5.41, 5.74) is 0.756. The van der Waals surface area contributed by atoms with Crippen LogP contribution in [0.2, 0.25) is 0 Å². The van der Waals surface area contributed by atoms with E-state index in [1.807, 2.05) is 69.3 Å². The van der Waals surface area contributed by atoms with Gasteiger partial charge in [0.15, 0.2) is 9.84 Å². The molecule has 1 aromatic heterocycles. The molecule has 1 unspecified atom stereocenters. The van der Waals surface area contributed by atoms with Crippen LogP contribution >= 0.6 is 0 Å². The van der Waals surface area contributed by atoms with Crippen molar-refractivity contribution < 1.29 is 17.9 Å². The van der Waals surface area contributed by atoms with Crippen LogP contribution in [-0.2, 0) is 21.7 Å². The Kier molecular flexibility index (Phi) is 7.83. The predicted molar refractivity (Wildman–Crippen MR) is 133 cm³/mol. The van der Waals surface area contributed by atoms with Crippen LogP contribution in [0.1, 0.15) is 42.5 Å². The van der Waals surface area contributed by atoms with Crippen LogP contribution < -0.4 is 10.1 Å². The highest BCUT2D eigenvalue weighted by Gasteiger charge is 2.24. The zero-order chi connectivity index (χ0) is 24.8. The maximum atomic E-state index is 13.3. The van der Waals surface area contributed by atoms with Crippen molar-refractivity contribution in [2.45, 2.75) is 38.6 Å². The van der Waals surface area contributed by atoms with Crippen molar-refractivity contribution >= 4 is 15.7 Å². The quantitative estimate of drug-likeness (QED) is 0.512. The Morgan fingerprint density at radius 1 is 1.06 bits per heavy atom. The van der Waals surface area contributed by atoms with Crippen LogP contribution in [-0.4, -0.2) is 36.6 Å². The summed E-state index contributed by atoms with van der Waals surface area (Å²) in [5.74, 6) is 0.736. The van der Waals surface area contributed by atoms with Gasteiger partial charge in [0, 0.05) is 23.3 Å². The zero-order valence-electron chi connectivity index (χ0n) is 19.7. The molecule has 0 aliphatic rings. The average molecular weight is 480 g/mol. The normalized spacial score (nSPS) is 12.9. The summed E-state index contributed by atoms with van der Waals surface area (Å²) in [4.78, 5) is 22.2. The van der Waals surface area contributed by atoms with E-state index < -0.39 is 21.8 Å². The lowest BCUT2D eigenvalue weighted by molar-refractivity contribution is 0.0940. The van der Waals surface area contributed by atoms with Gasteiger partial charge in [-0.25, -0.2) is 13.4 Å². The summed E-state index contributed by atoms with van der Waals surface area (Å²) in [6.45, 7) is 5.92. The molecule has 1 N–H and O–H groups in total. The Labute approximate surface area is 200 Å². The lowest BCUT2D eigenvalue weighted by Crippen LogP contribution is -2.35. The smallest absolute Gasteiger partial charge is 0.258 e. The number of aromatic nitrogens is 2. The van der Waals surface area contributed by atoms with Gasteiger partial charge in [-0.1, -0.05) is 75.4 Å². The summed E-state index contributed by atoms with van der Waals surface area (Å²) in [7, 11) is -3.36. The van der Waals surface area contributed by atoms with E-state index >= 15 is 0 Å². The molecule has 34 heavy (non-hydrogen) atoms. The molecule has 0 saturated carbocycles. The Bertz CT molecular complexity index is 1250. The number of amides is 1. The molecule has 0 saturated heterocycles. The van der Waals surface area contributed by atoms with Gasteiger partial charge in [-0.05, 0) is 24.1 Å². The van der Waals surface area contributed by atoms with E-state index in [9.17, 15) is 13.2 Å². The summed E-state index contributed by atoms with van der Waals surface area (Å²) in [6.07, 6.45) is 4.44. The van der Waals surface area contributed by atoms with Gasteiger partial charge >= 0.3 is 0 Å². The minimum Gasteiger partial charge on any atom is -0.438 e. The molecule has 8 heteroatoms. The van der Waals surface area contributed by atoms with Gasteiger partial charge in [0.25, 0.3) is 5.91 Å². The summed E-state index contributed by atoms with van der Waals surface area (Å²) in [6, 6.07) is 18.0. The molecule has 0 spiro atoms.